The number of hydrogen-bond acceptors (Lipinski definition) is 2. The van der Waals surface area contributed by atoms with E-state index in [1.807, 2.05) is 36.4 Å². The number of hydrogen-bond donors (Lipinski definition) is 0. The fourth-order valence-corrected chi connectivity index (χ4v) is 2.93. The average molecular weight is 308 g/mol. The molecule has 96 valence electrons. The molecule has 1 nitrogen and oxygen atoms in total. The van der Waals surface area contributed by atoms with Gasteiger partial charge < -0.3 is 0 Å². The monoisotopic (exact) mass is 307 g/mol. The summed E-state index contributed by atoms with van der Waals surface area (Å²) in [6.45, 7) is 0. The van der Waals surface area contributed by atoms with Gasteiger partial charge in [0.2, 0.25) is 0 Å². The predicted octanol–water partition coefficient (Wildman–Crippen LogP) is 5.49. The molecule has 19 heavy (non-hydrogen) atoms. The zero-order valence-electron chi connectivity index (χ0n) is 10.0. The van der Waals surface area contributed by atoms with Crippen molar-refractivity contribution in [1.29, 1.82) is 5.26 Å². The molecule has 2 aromatic rings. The lowest BCUT2D eigenvalue weighted by atomic mass is 10.0. The third-order valence-corrected chi connectivity index (χ3v) is 4.21. The highest BCUT2D eigenvalue weighted by Gasteiger charge is 2.15. The number of benzene rings is 2. The summed E-state index contributed by atoms with van der Waals surface area (Å²) in [7, 11) is 0. The lowest BCUT2D eigenvalue weighted by Crippen LogP contribution is -1.99. The Kier molecular flexibility index (Phi) is 5.15. The van der Waals surface area contributed by atoms with E-state index < -0.39 is 0 Å². The van der Waals surface area contributed by atoms with Crippen LogP contribution in [0.3, 0.4) is 0 Å². The first-order valence-corrected chi connectivity index (χ1v) is 7.38. The maximum atomic E-state index is 8.95. The van der Waals surface area contributed by atoms with Crippen molar-refractivity contribution in [3.8, 4) is 5.40 Å². The summed E-state index contributed by atoms with van der Waals surface area (Å²) in [5.74, 6) is 0. The van der Waals surface area contributed by atoms with Crippen molar-refractivity contribution >= 4 is 35.0 Å². The van der Waals surface area contributed by atoms with Gasteiger partial charge in [0, 0.05) is 15.3 Å². The van der Waals surface area contributed by atoms with Crippen molar-refractivity contribution in [2.24, 2.45) is 0 Å². The fourth-order valence-electron chi connectivity index (χ4n) is 1.86. The molecule has 0 N–H and O–H groups in total. The summed E-state index contributed by atoms with van der Waals surface area (Å²) in [5.41, 5.74) is 2.08. The van der Waals surface area contributed by atoms with Crippen LogP contribution in [0.15, 0.2) is 48.5 Å². The van der Waals surface area contributed by atoms with Gasteiger partial charge in [-0.3, -0.25) is 0 Å². The molecule has 0 radical (unpaired) electrons. The van der Waals surface area contributed by atoms with Gasteiger partial charge >= 0.3 is 0 Å². The van der Waals surface area contributed by atoms with Gasteiger partial charge in [-0.05, 0) is 47.5 Å². The summed E-state index contributed by atoms with van der Waals surface area (Å²) in [4.78, 5) is 0. The maximum Gasteiger partial charge on any atom is 0.133 e. The van der Waals surface area contributed by atoms with Gasteiger partial charge in [-0.2, -0.15) is 5.26 Å². The summed E-state index contributed by atoms with van der Waals surface area (Å²) in [5, 5.41) is 12.5. The molecule has 0 saturated carbocycles. The number of nitrogens with zero attached hydrogens (tertiary/aromatic N) is 1. The molecule has 0 aliphatic rings. The molecular weight excluding hydrogens is 297 g/mol. The molecule has 0 aliphatic heterocycles. The van der Waals surface area contributed by atoms with Crippen LogP contribution in [0.25, 0.3) is 0 Å². The number of nitriles is 1. The third-order valence-electron chi connectivity index (χ3n) is 2.78. The average Bonchev–Trinajstić information content (AvgIpc) is 2.43. The minimum atomic E-state index is 0.0576. The van der Waals surface area contributed by atoms with Gasteiger partial charge in [0.25, 0.3) is 0 Å². The molecule has 0 unspecified atom stereocenters. The standard InChI is InChI=1S/C15H11Cl2NS/c16-13-6-7-14(17)12(8-13)9-15(19-10-18)11-4-2-1-3-5-11/h1-8,15H,9H2/t15-/m1/s1. The Morgan fingerprint density at radius 1 is 1.11 bits per heavy atom. The minimum Gasteiger partial charge on any atom is -0.185 e. The van der Waals surface area contributed by atoms with E-state index in [4.69, 9.17) is 28.5 Å². The van der Waals surface area contributed by atoms with Gasteiger partial charge in [0.1, 0.15) is 5.40 Å². The van der Waals surface area contributed by atoms with Crippen LogP contribution in [-0.4, -0.2) is 0 Å². The molecule has 0 fully saturated rings. The second-order valence-electron chi connectivity index (χ2n) is 4.05. The highest BCUT2D eigenvalue weighted by Crippen LogP contribution is 2.34. The first kappa shape index (κ1) is 14.3. The van der Waals surface area contributed by atoms with Crippen LogP contribution < -0.4 is 0 Å². The second-order valence-corrected chi connectivity index (χ2v) is 5.88. The van der Waals surface area contributed by atoms with E-state index in [9.17, 15) is 0 Å². The minimum absolute atomic E-state index is 0.0576. The van der Waals surface area contributed by atoms with Crippen LogP contribution in [0.4, 0.5) is 0 Å². The Labute approximate surface area is 127 Å². The molecule has 2 aromatic carbocycles. The molecule has 0 saturated heterocycles. The van der Waals surface area contributed by atoms with Gasteiger partial charge in [-0.15, -0.1) is 0 Å². The first-order valence-electron chi connectivity index (χ1n) is 5.74. The predicted molar refractivity (Wildman–Crippen MR) is 82.6 cm³/mol. The van der Waals surface area contributed by atoms with Crippen molar-refractivity contribution in [3.63, 3.8) is 0 Å². The van der Waals surface area contributed by atoms with E-state index in [0.29, 0.717) is 16.5 Å². The van der Waals surface area contributed by atoms with Gasteiger partial charge in [0.05, 0.1) is 0 Å². The zero-order chi connectivity index (χ0) is 13.7. The highest BCUT2D eigenvalue weighted by molar-refractivity contribution is 8.03. The van der Waals surface area contributed by atoms with E-state index in [2.05, 4.69) is 5.40 Å². The van der Waals surface area contributed by atoms with Crippen LogP contribution in [0.5, 0.6) is 0 Å². The van der Waals surface area contributed by atoms with Crippen molar-refractivity contribution < 1.29 is 0 Å². The van der Waals surface area contributed by atoms with E-state index in [0.717, 1.165) is 11.1 Å². The van der Waals surface area contributed by atoms with Crippen molar-refractivity contribution in [2.45, 2.75) is 11.7 Å². The molecule has 0 bridgehead atoms. The fraction of sp³-hybridized carbons (Fsp3) is 0.133. The zero-order valence-corrected chi connectivity index (χ0v) is 12.3. The third kappa shape index (κ3) is 3.91. The Bertz CT molecular complexity index is 593. The second kappa shape index (κ2) is 6.86. The largest absolute Gasteiger partial charge is 0.185 e. The molecule has 0 aliphatic carbocycles. The molecule has 4 heteroatoms. The number of thiocyanates is 1. The summed E-state index contributed by atoms with van der Waals surface area (Å²) in [6, 6.07) is 15.4. The molecule has 0 amide bonds. The Morgan fingerprint density at radius 2 is 1.84 bits per heavy atom. The van der Waals surface area contributed by atoms with Gasteiger partial charge in [0.15, 0.2) is 0 Å². The van der Waals surface area contributed by atoms with Crippen LogP contribution in [0.2, 0.25) is 10.0 Å². The Morgan fingerprint density at radius 3 is 2.53 bits per heavy atom. The lowest BCUT2D eigenvalue weighted by molar-refractivity contribution is 0.936. The van der Waals surface area contributed by atoms with Crippen LogP contribution in [0.1, 0.15) is 16.4 Å². The Hall–Kier alpha value is -1.14. The molecule has 0 heterocycles. The highest BCUT2D eigenvalue weighted by atomic mass is 35.5. The summed E-state index contributed by atoms with van der Waals surface area (Å²) >= 11 is 13.4. The smallest absolute Gasteiger partial charge is 0.133 e. The number of rotatable bonds is 4. The lowest BCUT2D eigenvalue weighted by Gasteiger charge is -2.14. The quantitative estimate of drug-likeness (QED) is 0.697. The van der Waals surface area contributed by atoms with E-state index in [-0.39, 0.29) is 5.25 Å². The Balaban J connectivity index is 2.27. The van der Waals surface area contributed by atoms with Crippen LogP contribution >= 0.6 is 35.0 Å². The van der Waals surface area contributed by atoms with Crippen LogP contribution in [-0.2, 0) is 6.42 Å². The van der Waals surface area contributed by atoms with E-state index in [1.165, 1.54) is 11.8 Å². The topological polar surface area (TPSA) is 23.8 Å². The van der Waals surface area contributed by atoms with Gasteiger partial charge in [-0.1, -0.05) is 53.5 Å². The number of halogens is 2. The molecule has 0 spiro atoms. The molecule has 2 rings (SSSR count). The maximum absolute atomic E-state index is 8.95. The molecule has 0 aromatic heterocycles. The van der Waals surface area contributed by atoms with Gasteiger partial charge in [-0.25, -0.2) is 0 Å². The van der Waals surface area contributed by atoms with Crippen molar-refractivity contribution in [1.82, 2.24) is 0 Å². The van der Waals surface area contributed by atoms with Crippen molar-refractivity contribution in [2.75, 3.05) is 0 Å². The van der Waals surface area contributed by atoms with E-state index >= 15 is 0 Å². The molecular formula is C15H11Cl2NS. The molecule has 1 atom stereocenters. The summed E-state index contributed by atoms with van der Waals surface area (Å²) < 4.78 is 0. The number of thioether (sulfide) groups is 1. The first-order chi connectivity index (χ1) is 9.20. The normalized spacial score (nSPS) is 11.8. The van der Waals surface area contributed by atoms with E-state index in [1.54, 1.807) is 12.1 Å². The van der Waals surface area contributed by atoms with Crippen molar-refractivity contribution in [3.05, 3.63) is 69.7 Å². The summed E-state index contributed by atoms with van der Waals surface area (Å²) in [6.07, 6.45) is 0.682. The van der Waals surface area contributed by atoms with Crippen LogP contribution in [0, 0.1) is 10.7 Å². The SMILES string of the molecule is N#CS[C@H](Cc1cc(Cl)ccc1Cl)c1ccccc1.